The minimum Gasteiger partial charge on any atom is -0.388 e. The zero-order chi connectivity index (χ0) is 15.6. The van der Waals surface area contributed by atoms with E-state index in [1.165, 1.54) is 0 Å². The number of hydrogen-bond donors (Lipinski definition) is 2. The maximum Gasteiger partial charge on any atom is 0.0871 e. The van der Waals surface area contributed by atoms with E-state index in [2.05, 4.69) is 31.9 Å². The summed E-state index contributed by atoms with van der Waals surface area (Å²) in [5, 5.41) is 11.6. The van der Waals surface area contributed by atoms with Crippen molar-refractivity contribution in [3.8, 4) is 0 Å². The van der Waals surface area contributed by atoms with Crippen LogP contribution >= 0.6 is 55.1 Å². The van der Waals surface area contributed by atoms with Crippen LogP contribution in [-0.2, 0) is 0 Å². The molecule has 0 bridgehead atoms. The van der Waals surface area contributed by atoms with Gasteiger partial charge >= 0.3 is 0 Å². The van der Waals surface area contributed by atoms with Crippen molar-refractivity contribution in [2.45, 2.75) is 12.0 Å². The standard InChI is InChI=1S/C15H13Br2Cl2NO/c16-10-3-9(4-11(17)6-10)15(21)12(7-20)8-1-2-13(18)14(19)5-8/h1-6,12,15,21H,7,20H2. The first-order chi connectivity index (χ1) is 9.92. The maximum absolute atomic E-state index is 10.6. The van der Waals surface area contributed by atoms with Crippen LogP contribution in [0.25, 0.3) is 0 Å². The van der Waals surface area contributed by atoms with Crippen molar-refractivity contribution in [1.29, 1.82) is 0 Å². The van der Waals surface area contributed by atoms with Crippen molar-refractivity contribution in [3.63, 3.8) is 0 Å². The van der Waals surface area contributed by atoms with E-state index >= 15 is 0 Å². The summed E-state index contributed by atoms with van der Waals surface area (Å²) in [6.07, 6.45) is -0.735. The number of aliphatic hydroxyl groups is 1. The Morgan fingerprint density at radius 1 is 0.952 bits per heavy atom. The molecule has 0 aliphatic carbocycles. The van der Waals surface area contributed by atoms with E-state index in [-0.39, 0.29) is 5.92 Å². The predicted octanol–water partition coefficient (Wildman–Crippen LogP) is 5.29. The second-order valence-electron chi connectivity index (χ2n) is 4.66. The van der Waals surface area contributed by atoms with E-state index in [0.29, 0.717) is 16.6 Å². The molecule has 2 nitrogen and oxygen atoms in total. The fourth-order valence-electron chi connectivity index (χ4n) is 2.17. The molecule has 0 heterocycles. The molecule has 2 aromatic rings. The lowest BCUT2D eigenvalue weighted by molar-refractivity contribution is 0.147. The van der Waals surface area contributed by atoms with Crippen molar-refractivity contribution in [3.05, 3.63) is 66.5 Å². The van der Waals surface area contributed by atoms with Gasteiger partial charge in [0.25, 0.3) is 0 Å². The zero-order valence-electron chi connectivity index (χ0n) is 10.9. The average Bonchev–Trinajstić information content (AvgIpc) is 2.42. The number of hydrogen-bond acceptors (Lipinski definition) is 2. The van der Waals surface area contributed by atoms with Gasteiger partial charge in [0.15, 0.2) is 0 Å². The largest absolute Gasteiger partial charge is 0.388 e. The summed E-state index contributed by atoms with van der Waals surface area (Å²) in [5.41, 5.74) is 7.48. The van der Waals surface area contributed by atoms with Crippen LogP contribution in [0.3, 0.4) is 0 Å². The van der Waals surface area contributed by atoms with Crippen LogP contribution < -0.4 is 5.73 Å². The lowest BCUT2D eigenvalue weighted by Crippen LogP contribution is -2.20. The molecule has 112 valence electrons. The minimum absolute atomic E-state index is 0.263. The molecule has 0 saturated heterocycles. The minimum atomic E-state index is -0.735. The third-order valence-corrected chi connectivity index (χ3v) is 4.89. The number of rotatable bonds is 4. The van der Waals surface area contributed by atoms with E-state index in [0.717, 1.165) is 20.1 Å². The Hall–Kier alpha value is -0.100. The van der Waals surface area contributed by atoms with Gasteiger partial charge in [-0.15, -0.1) is 0 Å². The van der Waals surface area contributed by atoms with E-state index in [9.17, 15) is 5.11 Å². The molecule has 0 saturated carbocycles. The van der Waals surface area contributed by atoms with Crippen LogP contribution in [0, 0.1) is 0 Å². The molecule has 0 fully saturated rings. The summed E-state index contributed by atoms with van der Waals surface area (Å²) in [5.74, 6) is -0.263. The Balaban J connectivity index is 2.37. The zero-order valence-corrected chi connectivity index (χ0v) is 15.5. The summed E-state index contributed by atoms with van der Waals surface area (Å²) in [7, 11) is 0. The van der Waals surface area contributed by atoms with E-state index in [1.807, 2.05) is 24.3 Å². The molecule has 21 heavy (non-hydrogen) atoms. The van der Waals surface area contributed by atoms with Crippen LogP contribution in [0.2, 0.25) is 10.0 Å². The fraction of sp³-hybridized carbons (Fsp3) is 0.200. The van der Waals surface area contributed by atoms with Gasteiger partial charge in [0.2, 0.25) is 0 Å². The highest BCUT2D eigenvalue weighted by Crippen LogP contribution is 2.35. The molecule has 0 aliphatic rings. The second kappa shape index (κ2) is 7.44. The van der Waals surface area contributed by atoms with Gasteiger partial charge in [-0.1, -0.05) is 61.1 Å². The Kier molecular flexibility index (Phi) is 6.12. The molecular formula is C15H13Br2Cl2NO. The summed E-state index contributed by atoms with van der Waals surface area (Å²) >= 11 is 18.8. The van der Waals surface area contributed by atoms with Gasteiger partial charge in [-0.2, -0.15) is 0 Å². The summed E-state index contributed by atoms with van der Waals surface area (Å²) in [4.78, 5) is 0. The first-order valence-corrected chi connectivity index (χ1v) is 8.55. The Morgan fingerprint density at radius 2 is 1.57 bits per heavy atom. The number of benzene rings is 2. The highest BCUT2D eigenvalue weighted by molar-refractivity contribution is 9.11. The van der Waals surface area contributed by atoms with E-state index in [4.69, 9.17) is 28.9 Å². The van der Waals surface area contributed by atoms with Crippen LogP contribution in [-0.4, -0.2) is 11.7 Å². The van der Waals surface area contributed by atoms with Crippen molar-refractivity contribution in [2.75, 3.05) is 6.54 Å². The number of halogens is 4. The molecule has 0 aliphatic heterocycles. The molecule has 0 radical (unpaired) electrons. The van der Waals surface area contributed by atoms with Gasteiger partial charge in [-0.25, -0.2) is 0 Å². The van der Waals surface area contributed by atoms with Gasteiger partial charge in [-0.3, -0.25) is 0 Å². The molecule has 2 rings (SSSR count). The average molecular weight is 454 g/mol. The topological polar surface area (TPSA) is 46.2 Å². The molecule has 3 N–H and O–H groups in total. The summed E-state index contributed by atoms with van der Waals surface area (Å²) in [6.45, 7) is 0.295. The normalized spacial score (nSPS) is 14.0. The lowest BCUT2D eigenvalue weighted by Gasteiger charge is -2.23. The van der Waals surface area contributed by atoms with Gasteiger partial charge in [0.05, 0.1) is 16.1 Å². The monoisotopic (exact) mass is 451 g/mol. The van der Waals surface area contributed by atoms with E-state index < -0.39 is 6.10 Å². The van der Waals surface area contributed by atoms with Crippen LogP contribution in [0.4, 0.5) is 0 Å². The highest BCUT2D eigenvalue weighted by Gasteiger charge is 2.22. The molecule has 6 heteroatoms. The molecule has 2 aromatic carbocycles. The summed E-state index contributed by atoms with van der Waals surface area (Å²) in [6, 6.07) is 10.9. The number of aliphatic hydroxyl groups excluding tert-OH is 1. The Morgan fingerprint density at radius 3 is 2.10 bits per heavy atom. The van der Waals surface area contributed by atoms with Crippen molar-refractivity contribution >= 4 is 55.1 Å². The maximum atomic E-state index is 10.6. The molecule has 0 aromatic heterocycles. The molecule has 2 atom stereocenters. The molecule has 0 spiro atoms. The van der Waals surface area contributed by atoms with Crippen LogP contribution in [0.5, 0.6) is 0 Å². The van der Waals surface area contributed by atoms with Gasteiger partial charge < -0.3 is 10.8 Å². The SMILES string of the molecule is NCC(c1ccc(Cl)c(Cl)c1)C(O)c1cc(Br)cc(Br)c1. The van der Waals surface area contributed by atoms with Gasteiger partial charge in [0, 0.05) is 21.4 Å². The van der Waals surface area contributed by atoms with E-state index in [1.54, 1.807) is 12.1 Å². The van der Waals surface area contributed by atoms with Crippen LogP contribution in [0.1, 0.15) is 23.1 Å². The quantitative estimate of drug-likeness (QED) is 0.660. The smallest absolute Gasteiger partial charge is 0.0871 e. The fourth-order valence-corrected chi connectivity index (χ4v) is 3.80. The summed E-state index contributed by atoms with van der Waals surface area (Å²) < 4.78 is 1.77. The Labute approximate surface area is 150 Å². The van der Waals surface area contributed by atoms with Crippen molar-refractivity contribution in [1.82, 2.24) is 0 Å². The van der Waals surface area contributed by atoms with Crippen LogP contribution in [0.15, 0.2) is 45.3 Å². The second-order valence-corrected chi connectivity index (χ2v) is 7.31. The molecule has 0 amide bonds. The van der Waals surface area contributed by atoms with Gasteiger partial charge in [0.1, 0.15) is 0 Å². The number of nitrogens with two attached hydrogens (primary N) is 1. The third-order valence-electron chi connectivity index (χ3n) is 3.23. The first kappa shape index (κ1) is 17.3. The molecule has 2 unspecified atom stereocenters. The molecular weight excluding hydrogens is 441 g/mol. The van der Waals surface area contributed by atoms with Crippen molar-refractivity contribution in [2.24, 2.45) is 5.73 Å². The highest BCUT2D eigenvalue weighted by atomic mass is 79.9. The van der Waals surface area contributed by atoms with Gasteiger partial charge in [-0.05, 0) is 41.5 Å². The van der Waals surface area contributed by atoms with Crippen molar-refractivity contribution < 1.29 is 5.11 Å². The Bertz CT molecular complexity index is 631. The lowest BCUT2D eigenvalue weighted by atomic mass is 9.89. The predicted molar refractivity (Wildman–Crippen MR) is 95.1 cm³/mol. The first-order valence-electron chi connectivity index (χ1n) is 6.21. The third kappa shape index (κ3) is 4.21.